The van der Waals surface area contributed by atoms with Crippen LogP contribution in [-0.4, -0.2) is 0 Å². The first-order chi connectivity index (χ1) is 9.90. The minimum Gasteiger partial charge on any atom is -0.192 e. The summed E-state index contributed by atoms with van der Waals surface area (Å²) in [5.74, 6) is 0.659. The maximum Gasteiger partial charge on any atom is 0.0998 e. The molecule has 0 bridgehead atoms. The summed E-state index contributed by atoms with van der Waals surface area (Å²) in [6.45, 7) is 0. The summed E-state index contributed by atoms with van der Waals surface area (Å²) in [7, 11) is 0. The van der Waals surface area contributed by atoms with Crippen molar-refractivity contribution < 1.29 is 0 Å². The number of nitrogens with zero attached hydrogens (tertiary/aromatic N) is 1. The molecule has 0 N–H and O–H groups in total. The Morgan fingerprint density at radius 2 is 1.45 bits per heavy atom. The Bertz CT molecular complexity index is 630. The fourth-order valence-corrected chi connectivity index (χ4v) is 3.33. The van der Waals surface area contributed by atoms with Crippen molar-refractivity contribution in [3.05, 3.63) is 59.7 Å². The first-order valence-electron chi connectivity index (χ1n) is 7.48. The van der Waals surface area contributed by atoms with Crippen LogP contribution >= 0.6 is 0 Å². The lowest BCUT2D eigenvalue weighted by Gasteiger charge is -2.24. The van der Waals surface area contributed by atoms with Crippen LogP contribution in [0.25, 0.3) is 11.1 Å². The minimum atomic E-state index is 0.659. The van der Waals surface area contributed by atoms with E-state index in [0.717, 1.165) is 11.1 Å². The predicted molar refractivity (Wildman–Crippen MR) is 82.4 cm³/mol. The maximum absolute atomic E-state index is 9.33. The van der Waals surface area contributed by atoms with Crippen LogP contribution in [0.3, 0.4) is 0 Å². The summed E-state index contributed by atoms with van der Waals surface area (Å²) < 4.78 is 0. The van der Waals surface area contributed by atoms with Gasteiger partial charge in [0.1, 0.15) is 0 Å². The van der Waals surface area contributed by atoms with Gasteiger partial charge >= 0.3 is 0 Å². The second-order valence-electron chi connectivity index (χ2n) is 5.58. The molecular formula is C19H19N. The zero-order chi connectivity index (χ0) is 13.8. The van der Waals surface area contributed by atoms with Crippen molar-refractivity contribution in [1.82, 2.24) is 0 Å². The highest BCUT2D eigenvalue weighted by atomic mass is 14.3. The minimum absolute atomic E-state index is 0.659. The summed E-state index contributed by atoms with van der Waals surface area (Å²) in [4.78, 5) is 0. The molecule has 0 saturated heterocycles. The van der Waals surface area contributed by atoms with E-state index in [2.05, 4.69) is 36.4 Å². The molecule has 100 valence electrons. The van der Waals surface area contributed by atoms with Crippen LogP contribution in [0.4, 0.5) is 0 Å². The molecule has 1 aliphatic carbocycles. The number of benzene rings is 2. The number of hydrogen-bond donors (Lipinski definition) is 0. The zero-order valence-corrected chi connectivity index (χ0v) is 11.7. The van der Waals surface area contributed by atoms with Crippen LogP contribution in [0, 0.1) is 11.3 Å². The van der Waals surface area contributed by atoms with Crippen molar-refractivity contribution in [2.24, 2.45) is 0 Å². The molecule has 0 amide bonds. The summed E-state index contributed by atoms with van der Waals surface area (Å²) in [6, 6.07) is 18.9. The van der Waals surface area contributed by atoms with Gasteiger partial charge in [0, 0.05) is 0 Å². The lowest BCUT2D eigenvalue weighted by atomic mass is 9.80. The third-order valence-electron chi connectivity index (χ3n) is 4.34. The van der Waals surface area contributed by atoms with Gasteiger partial charge in [0.25, 0.3) is 0 Å². The van der Waals surface area contributed by atoms with E-state index >= 15 is 0 Å². The monoisotopic (exact) mass is 261 g/mol. The number of rotatable bonds is 2. The SMILES string of the molecule is N#Cc1ccccc1-c1ccccc1C1CCCCC1. The Kier molecular flexibility index (Phi) is 3.83. The molecule has 20 heavy (non-hydrogen) atoms. The van der Waals surface area contributed by atoms with Gasteiger partial charge in [-0.3, -0.25) is 0 Å². The zero-order valence-electron chi connectivity index (χ0n) is 11.7. The average Bonchev–Trinajstić information content (AvgIpc) is 2.55. The average molecular weight is 261 g/mol. The third kappa shape index (κ3) is 2.47. The Morgan fingerprint density at radius 3 is 2.20 bits per heavy atom. The fourth-order valence-electron chi connectivity index (χ4n) is 3.33. The first kappa shape index (κ1) is 12.9. The van der Waals surface area contributed by atoms with Gasteiger partial charge < -0.3 is 0 Å². The van der Waals surface area contributed by atoms with Crippen LogP contribution in [0.2, 0.25) is 0 Å². The van der Waals surface area contributed by atoms with Crippen molar-refractivity contribution in [2.45, 2.75) is 38.0 Å². The molecule has 0 spiro atoms. The van der Waals surface area contributed by atoms with Crippen LogP contribution in [0.5, 0.6) is 0 Å². The molecule has 0 unspecified atom stereocenters. The van der Waals surface area contributed by atoms with E-state index in [1.807, 2.05) is 18.2 Å². The number of nitriles is 1. The van der Waals surface area contributed by atoms with E-state index in [-0.39, 0.29) is 0 Å². The van der Waals surface area contributed by atoms with Crippen LogP contribution in [-0.2, 0) is 0 Å². The second kappa shape index (κ2) is 5.92. The Balaban J connectivity index is 2.08. The molecule has 1 heteroatoms. The fraction of sp³-hybridized carbons (Fsp3) is 0.316. The van der Waals surface area contributed by atoms with Crippen LogP contribution in [0.1, 0.15) is 49.1 Å². The molecule has 0 atom stereocenters. The third-order valence-corrected chi connectivity index (χ3v) is 4.34. The number of hydrogen-bond acceptors (Lipinski definition) is 1. The van der Waals surface area contributed by atoms with Gasteiger partial charge in [-0.15, -0.1) is 0 Å². The van der Waals surface area contributed by atoms with Crippen molar-refractivity contribution in [3.8, 4) is 17.2 Å². The Morgan fingerprint density at radius 1 is 0.800 bits per heavy atom. The van der Waals surface area contributed by atoms with Crippen LogP contribution < -0.4 is 0 Å². The van der Waals surface area contributed by atoms with Gasteiger partial charge in [-0.25, -0.2) is 0 Å². The smallest absolute Gasteiger partial charge is 0.0998 e. The lowest BCUT2D eigenvalue weighted by molar-refractivity contribution is 0.444. The molecular weight excluding hydrogens is 242 g/mol. The molecule has 0 aromatic heterocycles. The van der Waals surface area contributed by atoms with Gasteiger partial charge in [-0.2, -0.15) is 5.26 Å². The molecule has 0 radical (unpaired) electrons. The molecule has 1 fully saturated rings. The van der Waals surface area contributed by atoms with Crippen LogP contribution in [0.15, 0.2) is 48.5 Å². The summed E-state index contributed by atoms with van der Waals surface area (Å²) in [5, 5.41) is 9.33. The molecule has 2 aromatic rings. The molecule has 2 aromatic carbocycles. The molecule has 1 saturated carbocycles. The normalized spacial score (nSPS) is 15.8. The standard InChI is InChI=1S/C19H19N/c20-14-16-10-4-5-12-18(16)19-13-7-6-11-17(19)15-8-2-1-3-9-15/h4-7,10-13,15H,1-3,8-9H2. The highest BCUT2D eigenvalue weighted by Gasteiger charge is 2.19. The van der Waals surface area contributed by atoms with E-state index in [1.165, 1.54) is 43.2 Å². The van der Waals surface area contributed by atoms with Gasteiger partial charge in [0.2, 0.25) is 0 Å². The van der Waals surface area contributed by atoms with Gasteiger partial charge in [-0.1, -0.05) is 61.7 Å². The topological polar surface area (TPSA) is 23.8 Å². The van der Waals surface area contributed by atoms with E-state index in [9.17, 15) is 5.26 Å². The van der Waals surface area contributed by atoms with Gasteiger partial charge in [0.15, 0.2) is 0 Å². The first-order valence-corrected chi connectivity index (χ1v) is 7.48. The largest absolute Gasteiger partial charge is 0.192 e. The van der Waals surface area contributed by atoms with Crippen molar-refractivity contribution >= 4 is 0 Å². The van der Waals surface area contributed by atoms with Crippen molar-refractivity contribution in [2.75, 3.05) is 0 Å². The second-order valence-corrected chi connectivity index (χ2v) is 5.58. The lowest BCUT2D eigenvalue weighted by Crippen LogP contribution is -2.06. The van der Waals surface area contributed by atoms with Gasteiger partial charge in [-0.05, 0) is 41.5 Å². The summed E-state index contributed by atoms with van der Waals surface area (Å²) in [5.41, 5.74) is 4.53. The van der Waals surface area contributed by atoms with E-state index in [0.29, 0.717) is 5.92 Å². The van der Waals surface area contributed by atoms with Gasteiger partial charge in [0.05, 0.1) is 11.6 Å². The molecule has 1 nitrogen and oxygen atoms in total. The summed E-state index contributed by atoms with van der Waals surface area (Å²) in [6.07, 6.45) is 6.60. The summed E-state index contributed by atoms with van der Waals surface area (Å²) >= 11 is 0. The van der Waals surface area contributed by atoms with E-state index in [1.54, 1.807) is 0 Å². The predicted octanol–water partition coefficient (Wildman–Crippen LogP) is 5.27. The molecule has 0 heterocycles. The quantitative estimate of drug-likeness (QED) is 0.722. The Hall–Kier alpha value is -2.07. The Labute approximate surface area is 120 Å². The van der Waals surface area contributed by atoms with Crippen molar-refractivity contribution in [3.63, 3.8) is 0 Å². The molecule has 3 rings (SSSR count). The molecule has 0 aliphatic heterocycles. The van der Waals surface area contributed by atoms with Crippen molar-refractivity contribution in [1.29, 1.82) is 5.26 Å². The maximum atomic E-state index is 9.33. The molecule has 1 aliphatic rings. The van der Waals surface area contributed by atoms with E-state index < -0.39 is 0 Å². The van der Waals surface area contributed by atoms with E-state index in [4.69, 9.17) is 0 Å². The highest BCUT2D eigenvalue weighted by molar-refractivity contribution is 5.73. The highest BCUT2D eigenvalue weighted by Crippen LogP contribution is 2.38.